The van der Waals surface area contributed by atoms with Gasteiger partial charge in [-0.2, -0.15) is 0 Å². The zero-order valence-corrected chi connectivity index (χ0v) is 12.7. The van der Waals surface area contributed by atoms with Crippen LogP contribution in [0.3, 0.4) is 0 Å². The Labute approximate surface area is 126 Å². The Morgan fingerprint density at radius 1 is 1.14 bits per heavy atom. The van der Waals surface area contributed by atoms with Crippen LogP contribution in [0.2, 0.25) is 0 Å². The highest BCUT2D eigenvalue weighted by atomic mass is 16.5. The number of benzene rings is 1. The molecule has 0 saturated carbocycles. The van der Waals surface area contributed by atoms with Crippen molar-refractivity contribution < 1.29 is 14.3 Å². The van der Waals surface area contributed by atoms with Crippen LogP contribution in [0.15, 0.2) is 36.0 Å². The summed E-state index contributed by atoms with van der Waals surface area (Å²) in [5, 5.41) is 2.64. The summed E-state index contributed by atoms with van der Waals surface area (Å²) in [6.07, 6.45) is 6.15. The zero-order valence-electron chi connectivity index (χ0n) is 12.7. The van der Waals surface area contributed by atoms with Crippen molar-refractivity contribution in [2.75, 3.05) is 7.11 Å². The Morgan fingerprint density at radius 3 is 2.48 bits per heavy atom. The minimum Gasteiger partial charge on any atom is -0.464 e. The van der Waals surface area contributed by atoms with Gasteiger partial charge in [-0.3, -0.25) is 4.79 Å². The van der Waals surface area contributed by atoms with E-state index < -0.39 is 5.97 Å². The predicted octanol–water partition coefficient (Wildman–Crippen LogP) is 3.29. The molecule has 0 spiro atoms. The number of amides is 1. The van der Waals surface area contributed by atoms with Crippen molar-refractivity contribution >= 4 is 18.0 Å². The number of rotatable bonds is 8. The fourth-order valence-electron chi connectivity index (χ4n) is 1.90. The van der Waals surface area contributed by atoms with E-state index in [0.717, 1.165) is 31.2 Å². The minimum absolute atomic E-state index is 0.154. The van der Waals surface area contributed by atoms with E-state index in [1.807, 2.05) is 30.3 Å². The van der Waals surface area contributed by atoms with Crippen LogP contribution in [0.25, 0.3) is 6.08 Å². The zero-order chi connectivity index (χ0) is 15.5. The lowest BCUT2D eigenvalue weighted by Gasteiger charge is -2.08. The molecule has 0 aromatic heterocycles. The number of esters is 1. The average Bonchev–Trinajstić information content (AvgIpc) is 2.51. The molecule has 1 aromatic carbocycles. The molecule has 0 saturated heterocycles. The van der Waals surface area contributed by atoms with E-state index in [0.29, 0.717) is 6.42 Å². The molecule has 0 radical (unpaired) electrons. The normalized spacial score (nSPS) is 11.0. The highest BCUT2D eigenvalue weighted by molar-refractivity contribution is 5.97. The molecular weight excluding hydrogens is 266 g/mol. The topological polar surface area (TPSA) is 55.4 Å². The summed E-state index contributed by atoms with van der Waals surface area (Å²) >= 11 is 0. The molecule has 4 heteroatoms. The average molecular weight is 289 g/mol. The lowest BCUT2D eigenvalue weighted by Crippen LogP contribution is -2.27. The number of carbonyl (C=O) groups excluding carboxylic acids is 2. The van der Waals surface area contributed by atoms with Crippen LogP contribution < -0.4 is 5.32 Å². The molecule has 0 fully saturated rings. The number of hydrogen-bond acceptors (Lipinski definition) is 3. The second-order valence-electron chi connectivity index (χ2n) is 4.82. The van der Waals surface area contributed by atoms with Crippen LogP contribution in [0, 0.1) is 0 Å². The Morgan fingerprint density at radius 2 is 1.86 bits per heavy atom. The van der Waals surface area contributed by atoms with Crippen LogP contribution in [0.4, 0.5) is 0 Å². The van der Waals surface area contributed by atoms with E-state index in [1.54, 1.807) is 6.08 Å². The third kappa shape index (κ3) is 6.75. The molecule has 0 aliphatic heterocycles. The lowest BCUT2D eigenvalue weighted by molar-refractivity contribution is -0.137. The van der Waals surface area contributed by atoms with E-state index >= 15 is 0 Å². The summed E-state index contributed by atoms with van der Waals surface area (Å²) in [4.78, 5) is 23.6. The van der Waals surface area contributed by atoms with Crippen LogP contribution in [-0.2, 0) is 14.3 Å². The smallest absolute Gasteiger partial charge is 0.354 e. The maximum absolute atomic E-state index is 11.9. The van der Waals surface area contributed by atoms with Gasteiger partial charge in [0, 0.05) is 6.42 Å². The molecule has 1 amide bonds. The molecule has 0 heterocycles. The van der Waals surface area contributed by atoms with Gasteiger partial charge in [-0.05, 0) is 18.1 Å². The van der Waals surface area contributed by atoms with Crippen LogP contribution in [0.5, 0.6) is 0 Å². The molecule has 21 heavy (non-hydrogen) atoms. The van der Waals surface area contributed by atoms with E-state index in [-0.39, 0.29) is 11.6 Å². The largest absolute Gasteiger partial charge is 0.464 e. The van der Waals surface area contributed by atoms with Gasteiger partial charge in [-0.1, -0.05) is 56.5 Å². The van der Waals surface area contributed by atoms with Crippen molar-refractivity contribution in [1.82, 2.24) is 5.32 Å². The van der Waals surface area contributed by atoms with Gasteiger partial charge in [-0.15, -0.1) is 0 Å². The first-order valence-corrected chi connectivity index (χ1v) is 7.32. The van der Waals surface area contributed by atoms with E-state index in [4.69, 9.17) is 4.74 Å². The molecule has 0 atom stereocenters. The summed E-state index contributed by atoms with van der Waals surface area (Å²) in [7, 11) is 1.30. The predicted molar refractivity (Wildman–Crippen MR) is 83.3 cm³/mol. The van der Waals surface area contributed by atoms with Crippen LogP contribution >= 0.6 is 0 Å². The molecule has 0 unspecified atom stereocenters. The number of nitrogens with one attached hydrogen (secondary N) is 1. The van der Waals surface area contributed by atoms with Crippen molar-refractivity contribution in [3.63, 3.8) is 0 Å². The summed E-state index contributed by atoms with van der Waals surface area (Å²) in [6.45, 7) is 2.12. The molecule has 1 N–H and O–H groups in total. The highest BCUT2D eigenvalue weighted by Crippen LogP contribution is 2.07. The van der Waals surface area contributed by atoms with Gasteiger partial charge in [0.15, 0.2) is 0 Å². The first-order chi connectivity index (χ1) is 10.2. The molecule has 4 nitrogen and oxygen atoms in total. The first kappa shape index (κ1) is 17.0. The van der Waals surface area contributed by atoms with Crippen molar-refractivity contribution in [2.24, 2.45) is 0 Å². The minimum atomic E-state index is -0.541. The Hall–Kier alpha value is -2.10. The quantitative estimate of drug-likeness (QED) is 0.454. The molecule has 0 bridgehead atoms. The second-order valence-corrected chi connectivity index (χ2v) is 4.82. The van der Waals surface area contributed by atoms with Gasteiger partial charge < -0.3 is 10.1 Å². The van der Waals surface area contributed by atoms with Gasteiger partial charge in [-0.25, -0.2) is 4.79 Å². The van der Waals surface area contributed by atoms with E-state index in [9.17, 15) is 9.59 Å². The third-order valence-electron chi connectivity index (χ3n) is 3.05. The van der Waals surface area contributed by atoms with Gasteiger partial charge in [0.25, 0.3) is 0 Å². The SMILES string of the molecule is CCCCCCC(=O)N/C(=C\c1ccccc1)C(=O)OC. The van der Waals surface area contributed by atoms with Crippen LogP contribution in [-0.4, -0.2) is 19.0 Å². The molecular formula is C17H23NO3. The third-order valence-corrected chi connectivity index (χ3v) is 3.05. The molecule has 1 rings (SSSR count). The maximum atomic E-state index is 11.9. The lowest BCUT2D eigenvalue weighted by atomic mass is 10.1. The van der Waals surface area contributed by atoms with E-state index in [1.165, 1.54) is 7.11 Å². The summed E-state index contributed by atoms with van der Waals surface area (Å²) in [5.41, 5.74) is 1.01. The summed E-state index contributed by atoms with van der Waals surface area (Å²) in [5.74, 6) is -0.695. The van der Waals surface area contributed by atoms with Gasteiger partial charge >= 0.3 is 5.97 Å². The molecule has 0 aliphatic rings. The monoisotopic (exact) mass is 289 g/mol. The first-order valence-electron chi connectivity index (χ1n) is 7.32. The van der Waals surface area contributed by atoms with Crippen LogP contribution in [0.1, 0.15) is 44.6 Å². The van der Waals surface area contributed by atoms with Crippen molar-refractivity contribution in [2.45, 2.75) is 39.0 Å². The molecule has 0 aliphatic carbocycles. The van der Waals surface area contributed by atoms with Crippen molar-refractivity contribution in [3.05, 3.63) is 41.6 Å². The van der Waals surface area contributed by atoms with Gasteiger partial charge in [0.2, 0.25) is 5.91 Å². The maximum Gasteiger partial charge on any atom is 0.354 e. The van der Waals surface area contributed by atoms with Gasteiger partial charge in [0.1, 0.15) is 5.70 Å². The number of methoxy groups -OCH3 is 1. The number of ether oxygens (including phenoxy) is 1. The highest BCUT2D eigenvalue weighted by Gasteiger charge is 2.13. The van der Waals surface area contributed by atoms with Gasteiger partial charge in [0.05, 0.1) is 7.11 Å². The van der Waals surface area contributed by atoms with Crippen molar-refractivity contribution in [1.29, 1.82) is 0 Å². The van der Waals surface area contributed by atoms with E-state index in [2.05, 4.69) is 12.2 Å². The number of carbonyl (C=O) groups is 2. The standard InChI is InChI=1S/C17H23NO3/c1-3-4-5-9-12-16(19)18-15(17(20)21-2)13-14-10-7-6-8-11-14/h6-8,10-11,13H,3-5,9,12H2,1-2H3,(H,18,19)/b15-13-. The fourth-order valence-corrected chi connectivity index (χ4v) is 1.90. The second kappa shape index (κ2) is 9.75. The molecule has 114 valence electrons. The Kier molecular flexibility index (Phi) is 7.87. The number of hydrogen-bond donors (Lipinski definition) is 1. The molecule has 1 aromatic rings. The summed E-state index contributed by atoms with van der Waals surface area (Å²) in [6, 6.07) is 9.34. The summed E-state index contributed by atoms with van der Waals surface area (Å²) < 4.78 is 4.71. The number of unbranched alkanes of at least 4 members (excludes halogenated alkanes) is 3. The van der Waals surface area contributed by atoms with Crippen molar-refractivity contribution in [3.8, 4) is 0 Å². The Bertz CT molecular complexity index is 480. The Balaban J connectivity index is 2.65. The fraction of sp³-hybridized carbons (Fsp3) is 0.412.